The number of aryl methyl sites for hydroxylation is 2. The maximum Gasteiger partial charge on any atom is 0.267 e. The topological polar surface area (TPSA) is 55.2 Å². The Kier molecular flexibility index (Phi) is 5.39. The van der Waals surface area contributed by atoms with Crippen LogP contribution in [0.3, 0.4) is 0 Å². The highest BCUT2D eigenvalue weighted by Crippen LogP contribution is 2.34. The molecule has 0 unspecified atom stereocenters. The molecule has 2 aromatic heterocycles. The Balaban J connectivity index is 1.53. The summed E-state index contributed by atoms with van der Waals surface area (Å²) in [5.74, 6) is 0.243. The molecule has 0 bridgehead atoms. The van der Waals surface area contributed by atoms with Crippen molar-refractivity contribution < 1.29 is 4.79 Å². The van der Waals surface area contributed by atoms with Crippen molar-refractivity contribution in [3.8, 4) is 5.69 Å². The first-order chi connectivity index (χ1) is 15.5. The van der Waals surface area contributed by atoms with E-state index in [9.17, 15) is 9.59 Å². The third kappa shape index (κ3) is 3.45. The normalized spacial score (nSPS) is 15.3. The van der Waals surface area contributed by atoms with E-state index in [-0.39, 0.29) is 23.3 Å². The fraction of sp³-hybridized carbons (Fsp3) is 0.240. The molecule has 32 heavy (non-hydrogen) atoms. The molecule has 0 saturated carbocycles. The lowest BCUT2D eigenvalue weighted by Gasteiger charge is -2.22. The predicted octanol–water partition coefficient (Wildman–Crippen LogP) is 5.13. The summed E-state index contributed by atoms with van der Waals surface area (Å²) in [5.41, 5.74) is 3.83. The van der Waals surface area contributed by atoms with Crippen LogP contribution in [0, 0.1) is 13.8 Å². The number of thioether (sulfide) groups is 1. The van der Waals surface area contributed by atoms with Crippen molar-refractivity contribution in [2.24, 2.45) is 0 Å². The van der Waals surface area contributed by atoms with Crippen LogP contribution in [-0.4, -0.2) is 27.3 Å². The minimum absolute atomic E-state index is 0.0277. The molecular formula is C25H23N3O2S2. The van der Waals surface area contributed by atoms with Crippen LogP contribution in [0.4, 0.5) is 5.69 Å². The van der Waals surface area contributed by atoms with Crippen molar-refractivity contribution in [1.82, 2.24) is 9.55 Å². The Morgan fingerprint density at radius 1 is 1.12 bits per heavy atom. The van der Waals surface area contributed by atoms with Gasteiger partial charge in [-0.05, 0) is 56.5 Å². The van der Waals surface area contributed by atoms with E-state index in [1.54, 1.807) is 4.57 Å². The van der Waals surface area contributed by atoms with Crippen LogP contribution in [0.25, 0.3) is 15.9 Å². The average Bonchev–Trinajstić information content (AvgIpc) is 3.27. The largest absolute Gasteiger partial charge is 0.308 e. The van der Waals surface area contributed by atoms with E-state index in [0.717, 1.165) is 33.1 Å². The summed E-state index contributed by atoms with van der Waals surface area (Å²) in [5, 5.41) is 1.21. The number of thiophene rings is 1. The highest BCUT2D eigenvalue weighted by Gasteiger charge is 2.30. The molecule has 0 N–H and O–H groups in total. The number of benzene rings is 2. The standard InChI is InChI=1S/C25H23N3O2S2/c1-15-13-18-9-7-8-12-20(18)27(15)21(29)14-31-25-26-23-22(16(2)17(3)32-23)24(30)28(25)19-10-5-4-6-11-19/h4-12,15H,13-14H2,1-3H3/t15-/m1/s1. The summed E-state index contributed by atoms with van der Waals surface area (Å²) in [4.78, 5) is 35.3. The first-order valence-corrected chi connectivity index (χ1v) is 12.4. The Labute approximate surface area is 194 Å². The molecule has 1 amide bonds. The average molecular weight is 462 g/mol. The summed E-state index contributed by atoms with van der Waals surface area (Å²) >= 11 is 2.85. The second-order valence-corrected chi connectivity index (χ2v) is 10.2. The van der Waals surface area contributed by atoms with Gasteiger partial charge in [-0.2, -0.15) is 0 Å². The summed E-state index contributed by atoms with van der Waals surface area (Å²) < 4.78 is 1.64. The molecule has 4 aromatic rings. The number of amides is 1. The molecule has 7 heteroatoms. The molecular weight excluding hydrogens is 438 g/mol. The molecule has 0 spiro atoms. The van der Waals surface area contributed by atoms with Gasteiger partial charge in [-0.15, -0.1) is 11.3 Å². The molecule has 3 heterocycles. The molecule has 0 fully saturated rings. The lowest BCUT2D eigenvalue weighted by molar-refractivity contribution is -0.116. The third-order valence-corrected chi connectivity index (χ3v) is 8.01. The summed E-state index contributed by atoms with van der Waals surface area (Å²) in [6, 6.07) is 17.7. The second kappa shape index (κ2) is 8.22. The Morgan fingerprint density at radius 3 is 2.62 bits per heavy atom. The number of carbonyl (C=O) groups excluding carboxylic acids is 1. The SMILES string of the molecule is Cc1sc2nc(SCC(=O)N3c4ccccc4C[C@H]3C)n(-c3ccccc3)c(=O)c2c1C. The first kappa shape index (κ1) is 21.0. The highest BCUT2D eigenvalue weighted by atomic mass is 32.2. The molecule has 162 valence electrons. The Morgan fingerprint density at radius 2 is 1.84 bits per heavy atom. The molecule has 5 nitrogen and oxygen atoms in total. The monoisotopic (exact) mass is 461 g/mol. The van der Waals surface area contributed by atoms with Crippen molar-refractivity contribution in [2.45, 2.75) is 38.4 Å². The van der Waals surface area contributed by atoms with Gasteiger partial charge in [0.25, 0.3) is 5.56 Å². The maximum atomic E-state index is 13.5. The number of para-hydroxylation sites is 2. The third-order valence-electron chi connectivity index (χ3n) is 5.99. The van der Waals surface area contributed by atoms with Crippen molar-refractivity contribution in [3.63, 3.8) is 0 Å². The minimum Gasteiger partial charge on any atom is -0.308 e. The first-order valence-electron chi connectivity index (χ1n) is 10.6. The van der Waals surface area contributed by atoms with E-state index in [4.69, 9.17) is 4.98 Å². The fourth-order valence-corrected chi connectivity index (χ4v) is 6.26. The Hall–Kier alpha value is -2.90. The van der Waals surface area contributed by atoms with Crippen LogP contribution < -0.4 is 10.5 Å². The summed E-state index contributed by atoms with van der Waals surface area (Å²) in [6.07, 6.45) is 0.860. The van der Waals surface area contributed by atoms with Crippen molar-refractivity contribution in [1.29, 1.82) is 0 Å². The van der Waals surface area contributed by atoms with Crippen molar-refractivity contribution in [3.05, 3.63) is 81.0 Å². The lowest BCUT2D eigenvalue weighted by atomic mass is 10.1. The van der Waals surface area contributed by atoms with E-state index < -0.39 is 0 Å². The van der Waals surface area contributed by atoms with Crippen LogP contribution in [0.5, 0.6) is 0 Å². The number of hydrogen-bond donors (Lipinski definition) is 0. The van der Waals surface area contributed by atoms with Crippen LogP contribution in [0.15, 0.2) is 64.5 Å². The molecule has 0 radical (unpaired) electrons. The molecule has 1 atom stereocenters. The van der Waals surface area contributed by atoms with Gasteiger partial charge in [0.05, 0.1) is 16.8 Å². The van der Waals surface area contributed by atoms with E-state index in [2.05, 4.69) is 13.0 Å². The van der Waals surface area contributed by atoms with Gasteiger partial charge in [0, 0.05) is 16.6 Å². The van der Waals surface area contributed by atoms with E-state index in [1.807, 2.05) is 67.3 Å². The van der Waals surface area contributed by atoms with Gasteiger partial charge in [0.15, 0.2) is 5.16 Å². The van der Waals surface area contributed by atoms with Gasteiger partial charge in [0.2, 0.25) is 5.91 Å². The van der Waals surface area contributed by atoms with Gasteiger partial charge in [-0.25, -0.2) is 4.98 Å². The zero-order valence-corrected chi connectivity index (χ0v) is 19.8. The van der Waals surface area contributed by atoms with Gasteiger partial charge in [-0.1, -0.05) is 48.2 Å². The summed E-state index contributed by atoms with van der Waals surface area (Å²) in [6.45, 7) is 6.05. The molecule has 0 saturated heterocycles. The maximum absolute atomic E-state index is 13.5. The van der Waals surface area contributed by atoms with Crippen LogP contribution in [0.2, 0.25) is 0 Å². The Bertz CT molecular complexity index is 1390. The quantitative estimate of drug-likeness (QED) is 0.312. The van der Waals surface area contributed by atoms with Crippen molar-refractivity contribution >= 4 is 44.9 Å². The lowest BCUT2D eigenvalue weighted by Crippen LogP contribution is -2.37. The van der Waals surface area contributed by atoms with Gasteiger partial charge in [-0.3, -0.25) is 14.2 Å². The fourth-order valence-electron chi connectivity index (χ4n) is 4.32. The smallest absolute Gasteiger partial charge is 0.267 e. The number of rotatable bonds is 4. The summed E-state index contributed by atoms with van der Waals surface area (Å²) in [7, 11) is 0. The molecule has 0 aliphatic carbocycles. The number of anilines is 1. The highest BCUT2D eigenvalue weighted by molar-refractivity contribution is 7.99. The van der Waals surface area contributed by atoms with Gasteiger partial charge >= 0.3 is 0 Å². The zero-order valence-electron chi connectivity index (χ0n) is 18.2. The minimum atomic E-state index is -0.0853. The molecule has 2 aromatic carbocycles. The molecule has 1 aliphatic heterocycles. The number of nitrogens with zero attached hydrogens (tertiary/aromatic N) is 3. The van der Waals surface area contributed by atoms with E-state index in [0.29, 0.717) is 10.5 Å². The second-order valence-electron chi connectivity index (χ2n) is 8.07. The number of carbonyl (C=O) groups is 1. The predicted molar refractivity (Wildman–Crippen MR) is 133 cm³/mol. The number of aromatic nitrogens is 2. The number of hydrogen-bond acceptors (Lipinski definition) is 5. The molecule has 5 rings (SSSR count). The number of fused-ring (bicyclic) bond motifs is 2. The van der Waals surface area contributed by atoms with Crippen molar-refractivity contribution in [2.75, 3.05) is 10.7 Å². The van der Waals surface area contributed by atoms with Crippen LogP contribution >= 0.6 is 23.1 Å². The molecule has 1 aliphatic rings. The van der Waals surface area contributed by atoms with Gasteiger partial charge in [0.1, 0.15) is 4.83 Å². The van der Waals surface area contributed by atoms with E-state index in [1.165, 1.54) is 28.7 Å². The zero-order chi connectivity index (χ0) is 22.4. The van der Waals surface area contributed by atoms with Crippen LogP contribution in [0.1, 0.15) is 22.9 Å². The van der Waals surface area contributed by atoms with E-state index >= 15 is 0 Å². The van der Waals surface area contributed by atoms with Crippen LogP contribution in [-0.2, 0) is 11.2 Å². The van der Waals surface area contributed by atoms with Gasteiger partial charge < -0.3 is 4.90 Å².